The molecule has 2 aromatic rings. The highest BCUT2D eigenvalue weighted by molar-refractivity contribution is 7.89. The van der Waals surface area contributed by atoms with Crippen molar-refractivity contribution < 1.29 is 17.9 Å². The van der Waals surface area contributed by atoms with E-state index in [1.807, 2.05) is 0 Å². The van der Waals surface area contributed by atoms with Crippen molar-refractivity contribution >= 4 is 33.2 Å². The van der Waals surface area contributed by atoms with Crippen molar-refractivity contribution in [3.05, 3.63) is 52.5 Å². The number of rotatable bonds is 7. The summed E-state index contributed by atoms with van der Waals surface area (Å²) in [6.45, 7) is 0.487. The molecular formula is C19H19Cl2N3O4S. The maximum absolute atomic E-state index is 12.7. The number of likely N-dealkylation sites (tertiary alicyclic amines) is 1. The Kier molecular flexibility index (Phi) is 6.75. The molecule has 1 aliphatic rings. The van der Waals surface area contributed by atoms with Gasteiger partial charge in [-0.3, -0.25) is 0 Å². The Balaban J connectivity index is 1.65. The molecular weight excluding hydrogens is 437 g/mol. The van der Waals surface area contributed by atoms with Crippen LogP contribution in [0.25, 0.3) is 0 Å². The van der Waals surface area contributed by atoms with Crippen LogP contribution >= 0.6 is 23.2 Å². The van der Waals surface area contributed by atoms with Gasteiger partial charge in [-0.2, -0.15) is 5.26 Å². The summed E-state index contributed by atoms with van der Waals surface area (Å²) in [6, 6.07) is 10.6. The van der Waals surface area contributed by atoms with Crippen molar-refractivity contribution in [3.63, 3.8) is 0 Å². The first-order chi connectivity index (χ1) is 13.8. The molecule has 7 nitrogen and oxygen atoms in total. The van der Waals surface area contributed by atoms with Gasteiger partial charge in [0.1, 0.15) is 23.0 Å². The fourth-order valence-electron chi connectivity index (χ4n) is 3.11. The van der Waals surface area contributed by atoms with E-state index in [9.17, 15) is 13.7 Å². The van der Waals surface area contributed by atoms with Crippen molar-refractivity contribution in [2.75, 3.05) is 20.3 Å². The molecule has 0 saturated carbocycles. The van der Waals surface area contributed by atoms with Crippen molar-refractivity contribution in [3.8, 4) is 17.7 Å². The normalized spacial score (nSPS) is 19.0. The number of methoxy groups -OCH3 is 1. The van der Waals surface area contributed by atoms with Gasteiger partial charge in [0.05, 0.1) is 18.2 Å². The Morgan fingerprint density at radius 1 is 1.21 bits per heavy atom. The average molecular weight is 456 g/mol. The summed E-state index contributed by atoms with van der Waals surface area (Å²) in [7, 11) is -2.30. The van der Waals surface area contributed by atoms with Gasteiger partial charge in [-0.15, -0.1) is 0 Å². The topological polar surface area (TPSA) is 91.7 Å². The van der Waals surface area contributed by atoms with Gasteiger partial charge in [0, 0.05) is 17.6 Å². The molecule has 0 bridgehead atoms. The van der Waals surface area contributed by atoms with E-state index in [0.29, 0.717) is 17.9 Å². The zero-order valence-electron chi connectivity index (χ0n) is 15.5. The van der Waals surface area contributed by atoms with Crippen LogP contribution in [0.5, 0.6) is 11.5 Å². The zero-order valence-corrected chi connectivity index (χ0v) is 17.8. The van der Waals surface area contributed by atoms with Crippen LogP contribution in [0.3, 0.4) is 0 Å². The van der Waals surface area contributed by atoms with Crippen molar-refractivity contribution in [2.24, 2.45) is 0 Å². The molecule has 0 spiro atoms. The Hall–Kier alpha value is -2.18. The van der Waals surface area contributed by atoms with Gasteiger partial charge in [-0.05, 0) is 48.9 Å². The minimum Gasteiger partial charge on any atom is -0.497 e. The SMILES string of the molecule is COc1ccc(OC[C@H]2C[C@@H](NS(=O)(=O)c3cc(Cl)ccc3Cl)CN2C#N)cc1. The third-order valence-electron chi connectivity index (χ3n) is 4.55. The number of ether oxygens (including phenoxy) is 2. The van der Waals surface area contributed by atoms with Gasteiger partial charge >= 0.3 is 0 Å². The fourth-order valence-corrected chi connectivity index (χ4v) is 5.12. The summed E-state index contributed by atoms with van der Waals surface area (Å²) in [5, 5.41) is 9.75. The number of hydrogen-bond acceptors (Lipinski definition) is 6. The molecule has 10 heteroatoms. The summed E-state index contributed by atoms with van der Waals surface area (Å²) in [5.41, 5.74) is 0. The first-order valence-corrected chi connectivity index (χ1v) is 11.0. The summed E-state index contributed by atoms with van der Waals surface area (Å²) in [5.74, 6) is 1.35. The number of nitrogens with one attached hydrogen (secondary N) is 1. The van der Waals surface area contributed by atoms with E-state index in [-0.39, 0.29) is 34.1 Å². The Bertz CT molecular complexity index is 1010. The highest BCUT2D eigenvalue weighted by Crippen LogP contribution is 2.27. The second kappa shape index (κ2) is 9.09. The quantitative estimate of drug-likeness (QED) is 0.643. The molecule has 1 saturated heterocycles. The van der Waals surface area contributed by atoms with Crippen LogP contribution < -0.4 is 14.2 Å². The minimum absolute atomic E-state index is 0.0800. The zero-order chi connectivity index (χ0) is 21.0. The Morgan fingerprint density at radius 3 is 2.55 bits per heavy atom. The Morgan fingerprint density at radius 2 is 1.90 bits per heavy atom. The van der Waals surface area contributed by atoms with E-state index in [1.54, 1.807) is 31.4 Å². The van der Waals surface area contributed by atoms with E-state index >= 15 is 0 Å². The van der Waals surface area contributed by atoms with Crippen LogP contribution in [0.1, 0.15) is 6.42 Å². The molecule has 0 radical (unpaired) electrons. The molecule has 1 fully saturated rings. The molecule has 1 N–H and O–H groups in total. The molecule has 1 aliphatic heterocycles. The van der Waals surface area contributed by atoms with Crippen LogP contribution in [0.4, 0.5) is 0 Å². The molecule has 0 amide bonds. The van der Waals surface area contributed by atoms with Gasteiger partial charge in [0.25, 0.3) is 0 Å². The average Bonchev–Trinajstić information content (AvgIpc) is 3.09. The molecule has 29 heavy (non-hydrogen) atoms. The standard InChI is InChI=1S/C19H19Cl2N3O4S/c1-27-16-3-5-17(6-4-16)28-11-15-9-14(10-24(15)12-22)23-29(25,26)19-8-13(20)2-7-18(19)21/h2-8,14-15,23H,9-11H2,1H3/t14-,15-/m1/s1. The van der Waals surface area contributed by atoms with E-state index < -0.39 is 16.1 Å². The Labute approximate surface area is 179 Å². The summed E-state index contributed by atoms with van der Waals surface area (Å²) in [4.78, 5) is 1.42. The number of sulfonamides is 1. The second-order valence-corrected chi connectivity index (χ2v) is 9.05. The lowest BCUT2D eigenvalue weighted by Gasteiger charge is -2.18. The molecule has 0 unspecified atom stereocenters. The monoisotopic (exact) mass is 455 g/mol. The van der Waals surface area contributed by atoms with Crippen molar-refractivity contribution in [1.29, 1.82) is 5.26 Å². The molecule has 0 aromatic heterocycles. The minimum atomic E-state index is -3.88. The van der Waals surface area contributed by atoms with Gasteiger partial charge in [-0.25, -0.2) is 13.1 Å². The smallest absolute Gasteiger partial charge is 0.242 e. The van der Waals surface area contributed by atoms with Gasteiger partial charge in [-0.1, -0.05) is 23.2 Å². The third-order valence-corrected chi connectivity index (χ3v) is 6.79. The van der Waals surface area contributed by atoms with E-state index in [2.05, 4.69) is 10.9 Å². The molecule has 2 atom stereocenters. The van der Waals surface area contributed by atoms with Crippen LogP contribution in [-0.4, -0.2) is 45.7 Å². The van der Waals surface area contributed by atoms with E-state index in [4.69, 9.17) is 32.7 Å². The third kappa shape index (κ3) is 5.25. The van der Waals surface area contributed by atoms with Gasteiger partial charge in [0.2, 0.25) is 10.0 Å². The van der Waals surface area contributed by atoms with Crippen LogP contribution in [0, 0.1) is 11.5 Å². The molecule has 3 rings (SSSR count). The largest absolute Gasteiger partial charge is 0.497 e. The molecule has 0 aliphatic carbocycles. The highest BCUT2D eigenvalue weighted by Gasteiger charge is 2.35. The summed E-state index contributed by atoms with van der Waals surface area (Å²) < 4.78 is 38.9. The lowest BCUT2D eigenvalue weighted by Crippen LogP contribution is -2.36. The lowest BCUT2D eigenvalue weighted by molar-refractivity contribution is 0.219. The molecule has 154 valence electrons. The highest BCUT2D eigenvalue weighted by atomic mass is 35.5. The first kappa shape index (κ1) is 21.5. The second-order valence-electron chi connectivity index (χ2n) is 6.52. The van der Waals surface area contributed by atoms with Crippen LogP contribution in [0.15, 0.2) is 47.4 Å². The molecule has 1 heterocycles. The van der Waals surface area contributed by atoms with Crippen LogP contribution in [-0.2, 0) is 10.0 Å². The van der Waals surface area contributed by atoms with E-state index in [1.165, 1.54) is 23.1 Å². The number of halogens is 2. The van der Waals surface area contributed by atoms with Gasteiger partial charge in [0.15, 0.2) is 6.19 Å². The fraction of sp³-hybridized carbons (Fsp3) is 0.316. The predicted octanol–water partition coefficient (Wildman–Crippen LogP) is 3.28. The number of benzene rings is 2. The number of hydrogen-bond donors (Lipinski definition) is 1. The summed E-state index contributed by atoms with van der Waals surface area (Å²) >= 11 is 11.9. The van der Waals surface area contributed by atoms with Gasteiger partial charge < -0.3 is 14.4 Å². The van der Waals surface area contributed by atoms with Crippen molar-refractivity contribution in [2.45, 2.75) is 23.4 Å². The summed E-state index contributed by atoms with van der Waals surface area (Å²) in [6.07, 6.45) is 2.51. The predicted molar refractivity (Wildman–Crippen MR) is 110 cm³/mol. The maximum Gasteiger partial charge on any atom is 0.242 e. The lowest BCUT2D eigenvalue weighted by atomic mass is 10.2. The molecule has 2 aromatic carbocycles. The first-order valence-electron chi connectivity index (χ1n) is 8.73. The van der Waals surface area contributed by atoms with E-state index in [0.717, 1.165) is 0 Å². The number of nitrogens with zero attached hydrogens (tertiary/aromatic N) is 2. The van der Waals surface area contributed by atoms with Crippen molar-refractivity contribution in [1.82, 2.24) is 9.62 Å². The number of nitriles is 1. The van der Waals surface area contributed by atoms with Crippen LogP contribution in [0.2, 0.25) is 10.0 Å². The maximum atomic E-state index is 12.7.